The number of hydrogen-bond donors (Lipinski definition) is 2. The molecule has 6 heteroatoms. The van der Waals surface area contributed by atoms with Gasteiger partial charge in [-0.2, -0.15) is 0 Å². The lowest BCUT2D eigenvalue weighted by molar-refractivity contribution is 0.0502. The van der Waals surface area contributed by atoms with Crippen molar-refractivity contribution in [3.8, 4) is 0 Å². The lowest BCUT2D eigenvalue weighted by Gasteiger charge is -2.24. The van der Waals surface area contributed by atoms with Crippen molar-refractivity contribution in [3.63, 3.8) is 0 Å². The van der Waals surface area contributed by atoms with Gasteiger partial charge in [0.25, 0.3) is 0 Å². The lowest BCUT2D eigenvalue weighted by Crippen LogP contribution is -2.44. The zero-order valence-electron chi connectivity index (χ0n) is 13.7. The minimum atomic E-state index is -0.469. The summed E-state index contributed by atoms with van der Waals surface area (Å²) in [6.07, 6.45) is 2.68. The third-order valence-corrected chi connectivity index (χ3v) is 5.01. The summed E-state index contributed by atoms with van der Waals surface area (Å²) in [7, 11) is 0. The zero-order chi connectivity index (χ0) is 16.3. The van der Waals surface area contributed by atoms with Crippen molar-refractivity contribution in [1.82, 2.24) is 10.6 Å². The number of halogens is 1. The number of thiophene rings is 1. The highest BCUT2D eigenvalue weighted by atomic mass is 35.5. The first-order chi connectivity index (χ1) is 10.3. The predicted octanol–water partition coefficient (Wildman–Crippen LogP) is 4.28. The molecule has 4 nitrogen and oxygen atoms in total. The smallest absolute Gasteiger partial charge is 0.407 e. The van der Waals surface area contributed by atoms with Crippen molar-refractivity contribution < 1.29 is 9.53 Å². The van der Waals surface area contributed by atoms with Crippen LogP contribution in [0.25, 0.3) is 0 Å². The van der Waals surface area contributed by atoms with Gasteiger partial charge in [0, 0.05) is 23.5 Å². The van der Waals surface area contributed by atoms with E-state index in [-0.39, 0.29) is 12.1 Å². The van der Waals surface area contributed by atoms with Gasteiger partial charge in [0.05, 0.1) is 4.34 Å². The first-order valence-electron chi connectivity index (χ1n) is 7.79. The number of ether oxygens (including phenoxy) is 1. The number of aryl methyl sites for hydroxylation is 1. The van der Waals surface area contributed by atoms with Gasteiger partial charge in [-0.05, 0) is 51.7 Å². The summed E-state index contributed by atoms with van der Waals surface area (Å²) in [6, 6.07) is 2.47. The van der Waals surface area contributed by atoms with E-state index in [4.69, 9.17) is 16.3 Å². The van der Waals surface area contributed by atoms with Crippen LogP contribution in [0.5, 0.6) is 0 Å². The topological polar surface area (TPSA) is 50.4 Å². The van der Waals surface area contributed by atoms with Crippen LogP contribution in [-0.2, 0) is 11.2 Å². The average molecular weight is 345 g/mol. The Morgan fingerprint density at radius 2 is 2.27 bits per heavy atom. The molecule has 2 unspecified atom stereocenters. The summed E-state index contributed by atoms with van der Waals surface area (Å²) in [6.45, 7) is 8.39. The van der Waals surface area contributed by atoms with Crippen LogP contribution in [0.2, 0.25) is 4.34 Å². The van der Waals surface area contributed by atoms with Crippen molar-refractivity contribution in [2.24, 2.45) is 0 Å². The van der Waals surface area contributed by atoms with Crippen LogP contribution in [0.3, 0.4) is 0 Å². The van der Waals surface area contributed by atoms with E-state index in [2.05, 4.69) is 23.6 Å². The van der Waals surface area contributed by atoms with E-state index in [1.54, 1.807) is 11.3 Å². The van der Waals surface area contributed by atoms with Gasteiger partial charge < -0.3 is 15.4 Å². The summed E-state index contributed by atoms with van der Waals surface area (Å²) < 4.78 is 6.16. The molecule has 1 aromatic heterocycles. The molecule has 1 heterocycles. The first-order valence-corrected chi connectivity index (χ1v) is 8.99. The van der Waals surface area contributed by atoms with E-state index in [1.807, 2.05) is 20.8 Å². The molecule has 0 bridgehead atoms. The van der Waals surface area contributed by atoms with Gasteiger partial charge in [0.2, 0.25) is 0 Å². The fraction of sp³-hybridized carbons (Fsp3) is 0.688. The van der Waals surface area contributed by atoms with E-state index in [0.29, 0.717) is 6.04 Å². The molecule has 22 heavy (non-hydrogen) atoms. The van der Waals surface area contributed by atoms with Gasteiger partial charge in [0.1, 0.15) is 5.60 Å². The molecule has 2 rings (SSSR count). The normalized spacial score (nSPS) is 18.9. The fourth-order valence-corrected chi connectivity index (χ4v) is 3.96. The van der Waals surface area contributed by atoms with Gasteiger partial charge in [-0.25, -0.2) is 4.79 Å². The molecule has 1 aliphatic rings. The Hall–Kier alpha value is -0.780. The van der Waals surface area contributed by atoms with Gasteiger partial charge in [-0.3, -0.25) is 0 Å². The minimum absolute atomic E-state index is 0.0630. The number of carbonyl (C=O) groups is 1. The molecule has 0 aromatic carbocycles. The van der Waals surface area contributed by atoms with Crippen molar-refractivity contribution in [1.29, 1.82) is 0 Å². The van der Waals surface area contributed by atoms with Crippen LogP contribution in [-0.4, -0.2) is 24.3 Å². The Morgan fingerprint density at radius 3 is 2.91 bits per heavy atom. The monoisotopic (exact) mass is 344 g/mol. The molecule has 0 aliphatic heterocycles. The molecule has 0 fully saturated rings. The second-order valence-corrected chi connectivity index (χ2v) is 8.45. The largest absolute Gasteiger partial charge is 0.444 e. The van der Waals surface area contributed by atoms with Gasteiger partial charge in [0.15, 0.2) is 0 Å². The molecule has 2 N–H and O–H groups in total. The number of rotatable bonds is 5. The van der Waals surface area contributed by atoms with E-state index in [0.717, 1.165) is 30.1 Å². The molecule has 124 valence electrons. The summed E-state index contributed by atoms with van der Waals surface area (Å²) in [5.41, 5.74) is 0.853. The molecule has 0 saturated heterocycles. The molecule has 0 saturated carbocycles. The number of amides is 1. The Kier molecular flexibility index (Phi) is 5.75. The van der Waals surface area contributed by atoms with Gasteiger partial charge in [-0.1, -0.05) is 18.5 Å². The van der Waals surface area contributed by atoms with Crippen LogP contribution in [0.1, 0.15) is 57.0 Å². The summed E-state index contributed by atoms with van der Waals surface area (Å²) >= 11 is 7.75. The Balaban J connectivity index is 1.83. The predicted molar refractivity (Wildman–Crippen MR) is 91.8 cm³/mol. The van der Waals surface area contributed by atoms with E-state index in [9.17, 15) is 4.79 Å². The van der Waals surface area contributed by atoms with E-state index < -0.39 is 5.60 Å². The molecular formula is C16H25ClN2O2S. The average Bonchev–Trinajstić information content (AvgIpc) is 2.91. The molecule has 1 amide bonds. The van der Waals surface area contributed by atoms with Crippen LogP contribution in [0, 0.1) is 0 Å². The minimum Gasteiger partial charge on any atom is -0.444 e. The molecule has 0 radical (unpaired) electrons. The first kappa shape index (κ1) is 17.6. The van der Waals surface area contributed by atoms with Crippen molar-refractivity contribution in [2.45, 2.75) is 64.6 Å². The summed E-state index contributed by atoms with van der Waals surface area (Å²) in [5.74, 6) is 0. The van der Waals surface area contributed by atoms with E-state index in [1.165, 1.54) is 10.4 Å². The summed E-state index contributed by atoms with van der Waals surface area (Å²) in [5, 5.41) is 6.48. The highest BCUT2D eigenvalue weighted by Gasteiger charge is 2.26. The molecule has 0 spiro atoms. The highest BCUT2D eigenvalue weighted by Crippen LogP contribution is 2.39. The lowest BCUT2D eigenvalue weighted by atomic mass is 10.1. The van der Waals surface area contributed by atoms with E-state index >= 15 is 0 Å². The molecular weight excluding hydrogens is 320 g/mol. The molecule has 2 atom stereocenters. The van der Waals surface area contributed by atoms with Crippen LogP contribution >= 0.6 is 22.9 Å². The van der Waals surface area contributed by atoms with Crippen molar-refractivity contribution in [2.75, 3.05) is 6.54 Å². The quantitative estimate of drug-likeness (QED) is 0.838. The number of fused-ring (bicyclic) bond motifs is 1. The third kappa shape index (κ3) is 4.86. The standard InChI is InChI=1S/C16H25ClN2O2S/c1-5-10(19-15(20)21-16(2,3)4)9-18-12-6-7-13-11(12)8-14(17)22-13/h8,10,12,18H,5-7,9H2,1-4H3,(H,19,20). The Bertz CT molecular complexity index is 525. The Labute approximate surface area is 141 Å². The Morgan fingerprint density at radius 1 is 1.55 bits per heavy atom. The van der Waals surface area contributed by atoms with Gasteiger partial charge >= 0.3 is 6.09 Å². The number of hydrogen-bond acceptors (Lipinski definition) is 4. The summed E-state index contributed by atoms with van der Waals surface area (Å²) in [4.78, 5) is 13.2. The number of alkyl carbamates (subject to hydrolysis) is 1. The second kappa shape index (κ2) is 7.20. The highest BCUT2D eigenvalue weighted by molar-refractivity contribution is 7.16. The van der Waals surface area contributed by atoms with Crippen molar-refractivity contribution in [3.05, 3.63) is 20.8 Å². The molecule has 1 aromatic rings. The zero-order valence-corrected chi connectivity index (χ0v) is 15.2. The number of carbonyl (C=O) groups excluding carboxylic acids is 1. The maximum atomic E-state index is 11.8. The third-order valence-electron chi connectivity index (χ3n) is 3.67. The SMILES string of the molecule is CCC(CNC1CCc2sc(Cl)cc21)NC(=O)OC(C)(C)C. The van der Waals surface area contributed by atoms with Crippen LogP contribution in [0.15, 0.2) is 6.07 Å². The fourth-order valence-electron chi connectivity index (χ4n) is 2.60. The van der Waals surface area contributed by atoms with Crippen LogP contribution in [0.4, 0.5) is 4.79 Å². The second-order valence-electron chi connectivity index (χ2n) is 6.68. The maximum Gasteiger partial charge on any atom is 0.407 e. The number of nitrogens with one attached hydrogen (secondary N) is 2. The van der Waals surface area contributed by atoms with Gasteiger partial charge in [-0.15, -0.1) is 11.3 Å². The molecule has 1 aliphatic carbocycles. The van der Waals surface area contributed by atoms with Crippen molar-refractivity contribution >= 4 is 29.0 Å². The van der Waals surface area contributed by atoms with Crippen LogP contribution < -0.4 is 10.6 Å². The maximum absolute atomic E-state index is 11.8.